The van der Waals surface area contributed by atoms with Crippen LogP contribution in [0.5, 0.6) is 0 Å². The molecule has 2 heterocycles. The van der Waals surface area contributed by atoms with E-state index in [1.165, 1.54) is 12.1 Å². The van der Waals surface area contributed by atoms with E-state index in [0.717, 1.165) is 26.4 Å². The van der Waals surface area contributed by atoms with Crippen molar-refractivity contribution in [3.05, 3.63) is 59.0 Å². The Balaban J connectivity index is 1.96. The second-order valence-electron chi connectivity index (χ2n) is 4.58. The average molecular weight is 331 g/mol. The molecule has 2 aromatic carbocycles. The highest BCUT2D eigenvalue weighted by molar-refractivity contribution is 9.10. The van der Waals surface area contributed by atoms with Crippen LogP contribution in [-0.4, -0.2) is 0 Å². The molecular formula is C16H8BrFO2. The molecule has 0 saturated heterocycles. The third-order valence-corrected chi connectivity index (χ3v) is 3.78. The molecule has 0 radical (unpaired) electrons. The van der Waals surface area contributed by atoms with Crippen molar-refractivity contribution in [3.63, 3.8) is 0 Å². The van der Waals surface area contributed by atoms with Crippen LogP contribution in [0.1, 0.15) is 0 Å². The number of hydrogen-bond donors (Lipinski definition) is 0. The molecule has 2 aromatic heterocycles. The standard InChI is InChI=1S/C16H8BrFO2/c17-10-2-1-9-5-16(20-14(9)6-10)13-8-19-15-7-11(18)3-4-12(13)15/h1-8H. The van der Waals surface area contributed by atoms with E-state index in [0.29, 0.717) is 11.3 Å². The first kappa shape index (κ1) is 11.7. The van der Waals surface area contributed by atoms with Crippen molar-refractivity contribution in [1.82, 2.24) is 0 Å². The molecule has 0 saturated carbocycles. The van der Waals surface area contributed by atoms with Crippen molar-refractivity contribution in [2.75, 3.05) is 0 Å². The predicted molar refractivity (Wildman–Crippen MR) is 79.1 cm³/mol. The lowest BCUT2D eigenvalue weighted by atomic mass is 10.1. The van der Waals surface area contributed by atoms with Crippen molar-refractivity contribution >= 4 is 37.9 Å². The highest BCUT2D eigenvalue weighted by Crippen LogP contribution is 2.35. The lowest BCUT2D eigenvalue weighted by molar-refractivity contribution is 0.595. The SMILES string of the molecule is Fc1ccc2c(-c3cc4ccc(Br)cc4o3)coc2c1. The van der Waals surface area contributed by atoms with Gasteiger partial charge in [0, 0.05) is 21.3 Å². The summed E-state index contributed by atoms with van der Waals surface area (Å²) in [7, 11) is 0. The van der Waals surface area contributed by atoms with E-state index in [-0.39, 0.29) is 5.82 Å². The third kappa shape index (κ3) is 1.76. The van der Waals surface area contributed by atoms with Crippen LogP contribution in [0.2, 0.25) is 0 Å². The van der Waals surface area contributed by atoms with Gasteiger partial charge in [-0.1, -0.05) is 15.9 Å². The Bertz CT molecular complexity index is 936. The Labute approximate surface area is 121 Å². The largest absolute Gasteiger partial charge is 0.463 e. The molecule has 0 aliphatic heterocycles. The number of benzene rings is 2. The maximum Gasteiger partial charge on any atom is 0.139 e. The van der Waals surface area contributed by atoms with Crippen LogP contribution in [-0.2, 0) is 0 Å². The van der Waals surface area contributed by atoms with Gasteiger partial charge in [-0.15, -0.1) is 0 Å². The molecule has 0 amide bonds. The molecule has 0 aliphatic carbocycles. The van der Waals surface area contributed by atoms with Crippen molar-refractivity contribution < 1.29 is 13.2 Å². The van der Waals surface area contributed by atoms with Crippen molar-refractivity contribution in [2.24, 2.45) is 0 Å². The monoisotopic (exact) mass is 330 g/mol. The number of furan rings is 2. The van der Waals surface area contributed by atoms with E-state index in [1.54, 1.807) is 12.3 Å². The summed E-state index contributed by atoms with van der Waals surface area (Å²) in [5.41, 5.74) is 2.14. The summed E-state index contributed by atoms with van der Waals surface area (Å²) >= 11 is 3.42. The third-order valence-electron chi connectivity index (χ3n) is 3.29. The Kier molecular flexibility index (Phi) is 2.47. The molecule has 4 aromatic rings. The minimum atomic E-state index is -0.313. The zero-order valence-electron chi connectivity index (χ0n) is 10.2. The molecule has 0 atom stereocenters. The second-order valence-corrected chi connectivity index (χ2v) is 5.50. The lowest BCUT2D eigenvalue weighted by Gasteiger charge is -1.93. The lowest BCUT2D eigenvalue weighted by Crippen LogP contribution is -1.73. The summed E-state index contributed by atoms with van der Waals surface area (Å²) in [5, 5.41) is 1.85. The summed E-state index contributed by atoms with van der Waals surface area (Å²) in [4.78, 5) is 0. The van der Waals surface area contributed by atoms with E-state index in [9.17, 15) is 4.39 Å². The quantitative estimate of drug-likeness (QED) is 0.444. The first-order valence-electron chi connectivity index (χ1n) is 6.07. The molecule has 0 N–H and O–H groups in total. The van der Waals surface area contributed by atoms with Gasteiger partial charge < -0.3 is 8.83 Å². The smallest absolute Gasteiger partial charge is 0.139 e. The normalized spacial score (nSPS) is 11.5. The number of hydrogen-bond acceptors (Lipinski definition) is 2. The fourth-order valence-electron chi connectivity index (χ4n) is 2.33. The highest BCUT2D eigenvalue weighted by atomic mass is 79.9. The molecule has 0 spiro atoms. The van der Waals surface area contributed by atoms with Crippen LogP contribution >= 0.6 is 15.9 Å². The van der Waals surface area contributed by atoms with Crippen molar-refractivity contribution in [3.8, 4) is 11.3 Å². The number of fused-ring (bicyclic) bond motifs is 2. The van der Waals surface area contributed by atoms with Gasteiger partial charge in [0.05, 0.1) is 5.56 Å². The van der Waals surface area contributed by atoms with Gasteiger partial charge in [0.1, 0.15) is 29.0 Å². The predicted octanol–water partition coefficient (Wildman–Crippen LogP) is 5.75. The zero-order valence-corrected chi connectivity index (χ0v) is 11.8. The molecule has 98 valence electrons. The van der Waals surface area contributed by atoms with Crippen molar-refractivity contribution in [2.45, 2.75) is 0 Å². The summed E-state index contributed by atoms with van der Waals surface area (Å²) in [6.45, 7) is 0. The molecule has 4 rings (SSSR count). The van der Waals surface area contributed by atoms with Crippen LogP contribution in [0.25, 0.3) is 33.3 Å². The fourth-order valence-corrected chi connectivity index (χ4v) is 2.67. The van der Waals surface area contributed by atoms with E-state index in [1.807, 2.05) is 24.3 Å². The Morgan fingerprint density at radius 1 is 0.950 bits per heavy atom. The number of rotatable bonds is 1. The summed E-state index contributed by atoms with van der Waals surface area (Å²) in [6.07, 6.45) is 1.59. The topological polar surface area (TPSA) is 26.3 Å². The summed E-state index contributed by atoms with van der Waals surface area (Å²) in [5.74, 6) is 0.399. The maximum atomic E-state index is 13.2. The Morgan fingerprint density at radius 3 is 2.75 bits per heavy atom. The Hall–Kier alpha value is -2.07. The van der Waals surface area contributed by atoms with Gasteiger partial charge in [0.15, 0.2) is 0 Å². The zero-order chi connectivity index (χ0) is 13.7. The molecule has 2 nitrogen and oxygen atoms in total. The van der Waals surface area contributed by atoms with Crippen LogP contribution in [0.15, 0.2) is 62.0 Å². The maximum absolute atomic E-state index is 13.2. The van der Waals surface area contributed by atoms with Gasteiger partial charge in [-0.3, -0.25) is 0 Å². The van der Waals surface area contributed by atoms with Gasteiger partial charge >= 0.3 is 0 Å². The van der Waals surface area contributed by atoms with E-state index in [2.05, 4.69) is 15.9 Å². The van der Waals surface area contributed by atoms with E-state index >= 15 is 0 Å². The van der Waals surface area contributed by atoms with Crippen LogP contribution < -0.4 is 0 Å². The summed E-state index contributed by atoms with van der Waals surface area (Å²) in [6, 6.07) is 12.3. The molecule has 0 fully saturated rings. The fraction of sp³-hybridized carbons (Fsp3) is 0. The molecule has 20 heavy (non-hydrogen) atoms. The van der Waals surface area contributed by atoms with Gasteiger partial charge in [0.2, 0.25) is 0 Å². The minimum absolute atomic E-state index is 0.313. The molecule has 0 aliphatic rings. The molecule has 0 bridgehead atoms. The summed E-state index contributed by atoms with van der Waals surface area (Å²) < 4.78 is 25.4. The van der Waals surface area contributed by atoms with Gasteiger partial charge in [-0.05, 0) is 36.4 Å². The van der Waals surface area contributed by atoms with E-state index < -0.39 is 0 Å². The minimum Gasteiger partial charge on any atom is -0.463 e. The van der Waals surface area contributed by atoms with Crippen LogP contribution in [0.3, 0.4) is 0 Å². The molecule has 0 unspecified atom stereocenters. The van der Waals surface area contributed by atoms with Gasteiger partial charge in [-0.2, -0.15) is 0 Å². The first-order valence-corrected chi connectivity index (χ1v) is 6.86. The average Bonchev–Trinajstić information content (AvgIpc) is 3.00. The second kappa shape index (κ2) is 4.21. The highest BCUT2D eigenvalue weighted by Gasteiger charge is 2.13. The number of halogens is 2. The molecule has 4 heteroatoms. The van der Waals surface area contributed by atoms with Crippen molar-refractivity contribution in [1.29, 1.82) is 0 Å². The molecular weight excluding hydrogens is 323 g/mol. The van der Waals surface area contributed by atoms with E-state index in [4.69, 9.17) is 8.83 Å². The first-order chi connectivity index (χ1) is 9.70. The van der Waals surface area contributed by atoms with Crippen LogP contribution in [0.4, 0.5) is 4.39 Å². The Morgan fingerprint density at radius 2 is 1.85 bits per heavy atom. The van der Waals surface area contributed by atoms with Gasteiger partial charge in [0.25, 0.3) is 0 Å². The van der Waals surface area contributed by atoms with Gasteiger partial charge in [-0.25, -0.2) is 4.39 Å². The van der Waals surface area contributed by atoms with Crippen LogP contribution in [0, 0.1) is 5.82 Å².